The predicted molar refractivity (Wildman–Crippen MR) is 47.5 cm³/mol. The molecule has 13 heavy (non-hydrogen) atoms. The first-order valence-corrected chi connectivity index (χ1v) is 4.05. The van der Waals surface area contributed by atoms with E-state index < -0.39 is 17.9 Å². The molecule has 0 unspecified atom stereocenters. The van der Waals surface area contributed by atoms with Crippen molar-refractivity contribution in [2.45, 2.75) is 6.04 Å². The Bertz CT molecular complexity index is 209. The van der Waals surface area contributed by atoms with Gasteiger partial charge in [-0.25, -0.2) is 4.79 Å². The summed E-state index contributed by atoms with van der Waals surface area (Å²) in [5, 5.41) is 12.8. The molecule has 1 atom stereocenters. The second-order valence-corrected chi connectivity index (χ2v) is 2.50. The molecule has 7 heteroatoms. The van der Waals surface area contributed by atoms with Crippen molar-refractivity contribution in [1.29, 1.82) is 0 Å². The first-order chi connectivity index (χ1) is 6.11. The highest BCUT2D eigenvalue weighted by Gasteiger charge is 2.17. The van der Waals surface area contributed by atoms with Crippen LogP contribution in [-0.2, 0) is 14.4 Å². The minimum absolute atomic E-state index is 0.00215. The van der Waals surface area contributed by atoms with Crippen molar-refractivity contribution < 1.29 is 19.5 Å². The van der Waals surface area contributed by atoms with Crippen molar-refractivity contribution in [1.82, 2.24) is 10.6 Å². The molecule has 0 bridgehead atoms. The molecule has 0 heterocycles. The lowest BCUT2D eigenvalue weighted by Crippen LogP contribution is -2.45. The summed E-state index contributed by atoms with van der Waals surface area (Å²) in [4.78, 5) is 31.0. The summed E-state index contributed by atoms with van der Waals surface area (Å²) in [5.41, 5.74) is 0. The van der Waals surface area contributed by atoms with E-state index in [2.05, 4.69) is 23.3 Å². The summed E-state index contributed by atoms with van der Waals surface area (Å²) in [7, 11) is 0. The monoisotopic (exact) mass is 206 g/mol. The summed E-state index contributed by atoms with van der Waals surface area (Å²) in [6.07, 6.45) is 0.357. The summed E-state index contributed by atoms with van der Waals surface area (Å²) >= 11 is 3.74. The van der Waals surface area contributed by atoms with Gasteiger partial charge < -0.3 is 15.7 Å². The first kappa shape index (κ1) is 11.8. The van der Waals surface area contributed by atoms with Crippen molar-refractivity contribution in [3.05, 3.63) is 0 Å². The van der Waals surface area contributed by atoms with Gasteiger partial charge in [0.15, 0.2) is 0 Å². The molecule has 0 saturated heterocycles. The summed E-state index contributed by atoms with van der Waals surface area (Å²) in [6, 6.07) is -1.02. The van der Waals surface area contributed by atoms with Gasteiger partial charge >= 0.3 is 5.97 Å². The average molecular weight is 206 g/mol. The maximum Gasteiger partial charge on any atom is 0.327 e. The van der Waals surface area contributed by atoms with Crippen LogP contribution in [0.1, 0.15) is 0 Å². The molecule has 0 rings (SSSR count). The van der Waals surface area contributed by atoms with Crippen LogP contribution in [0.5, 0.6) is 0 Å². The van der Waals surface area contributed by atoms with Gasteiger partial charge in [-0.3, -0.25) is 9.59 Å². The van der Waals surface area contributed by atoms with Gasteiger partial charge in [-0.1, -0.05) is 0 Å². The number of hydrogen-bond acceptors (Lipinski definition) is 4. The van der Waals surface area contributed by atoms with Crippen LogP contribution in [0.15, 0.2) is 0 Å². The number of rotatable bonds is 6. The molecule has 0 aromatic carbocycles. The van der Waals surface area contributed by atoms with Crippen LogP contribution < -0.4 is 10.6 Å². The average Bonchev–Trinajstić information content (AvgIpc) is 2.10. The highest BCUT2D eigenvalue weighted by atomic mass is 32.1. The number of carboxylic acid groups (broad SMARTS) is 1. The molecule has 0 saturated carbocycles. The van der Waals surface area contributed by atoms with Crippen LogP contribution >= 0.6 is 12.6 Å². The maximum absolute atomic E-state index is 10.8. The molecule has 0 aromatic heterocycles. The SMILES string of the molecule is O=CNCC(=O)N[C@@H](CS)C(=O)O. The van der Waals surface area contributed by atoms with Crippen molar-refractivity contribution in [2.24, 2.45) is 0 Å². The highest BCUT2D eigenvalue weighted by molar-refractivity contribution is 7.80. The summed E-state index contributed by atoms with van der Waals surface area (Å²) in [6.45, 7) is -0.235. The van der Waals surface area contributed by atoms with Crippen LogP contribution in [0.2, 0.25) is 0 Å². The number of hydrogen-bond donors (Lipinski definition) is 4. The van der Waals surface area contributed by atoms with E-state index in [1.54, 1.807) is 0 Å². The number of carboxylic acids is 1. The van der Waals surface area contributed by atoms with Gasteiger partial charge in [0.2, 0.25) is 12.3 Å². The molecule has 3 N–H and O–H groups in total. The third-order valence-electron chi connectivity index (χ3n) is 1.16. The fraction of sp³-hybridized carbons (Fsp3) is 0.500. The largest absolute Gasteiger partial charge is 0.480 e. The quantitative estimate of drug-likeness (QED) is 0.305. The van der Waals surface area contributed by atoms with E-state index in [0.29, 0.717) is 6.41 Å². The number of carbonyl (C=O) groups excluding carboxylic acids is 2. The van der Waals surface area contributed by atoms with Crippen molar-refractivity contribution in [3.8, 4) is 0 Å². The molecule has 0 aromatic rings. The smallest absolute Gasteiger partial charge is 0.327 e. The van der Waals surface area contributed by atoms with E-state index >= 15 is 0 Å². The zero-order chi connectivity index (χ0) is 10.3. The second-order valence-electron chi connectivity index (χ2n) is 2.14. The molecule has 0 radical (unpaired) electrons. The number of carbonyl (C=O) groups is 3. The zero-order valence-corrected chi connectivity index (χ0v) is 7.58. The Labute approximate surface area is 80.1 Å². The third kappa shape index (κ3) is 5.07. The molecule has 0 aliphatic carbocycles. The van der Waals surface area contributed by atoms with Gasteiger partial charge in [-0.05, 0) is 0 Å². The Morgan fingerprint density at radius 2 is 2.15 bits per heavy atom. The number of amides is 2. The van der Waals surface area contributed by atoms with Crippen LogP contribution in [0, 0.1) is 0 Å². The van der Waals surface area contributed by atoms with Gasteiger partial charge in [0.05, 0.1) is 6.54 Å². The Balaban J connectivity index is 3.86. The van der Waals surface area contributed by atoms with Gasteiger partial charge in [-0.2, -0.15) is 12.6 Å². The number of aliphatic carboxylic acids is 1. The molecule has 0 fully saturated rings. The van der Waals surface area contributed by atoms with Crippen LogP contribution in [-0.4, -0.2) is 41.7 Å². The van der Waals surface area contributed by atoms with Gasteiger partial charge in [0.1, 0.15) is 6.04 Å². The second kappa shape index (κ2) is 6.30. The van der Waals surface area contributed by atoms with Gasteiger partial charge in [0, 0.05) is 5.75 Å². The molecule has 0 spiro atoms. The molecule has 0 aliphatic rings. The predicted octanol–water partition coefficient (Wildman–Crippen LogP) is -1.77. The lowest BCUT2D eigenvalue weighted by atomic mass is 10.3. The normalized spacial score (nSPS) is 11.5. The molecule has 2 amide bonds. The van der Waals surface area contributed by atoms with Crippen molar-refractivity contribution in [3.63, 3.8) is 0 Å². The van der Waals surface area contributed by atoms with Crippen molar-refractivity contribution in [2.75, 3.05) is 12.3 Å². The standard InChI is InChI=1S/C6H10N2O4S/c9-3-7-1-5(10)8-4(2-13)6(11)12/h3-4,13H,1-2H2,(H,7,9)(H,8,10)(H,11,12)/t4-/m0/s1. The molecular weight excluding hydrogens is 196 g/mol. The Morgan fingerprint density at radius 3 is 2.54 bits per heavy atom. The van der Waals surface area contributed by atoms with E-state index in [1.165, 1.54) is 0 Å². The molecule has 6 nitrogen and oxygen atoms in total. The molecule has 0 aliphatic heterocycles. The van der Waals surface area contributed by atoms with Gasteiger partial charge in [-0.15, -0.1) is 0 Å². The van der Waals surface area contributed by atoms with E-state index in [1.807, 2.05) is 0 Å². The zero-order valence-electron chi connectivity index (χ0n) is 6.69. The van der Waals surface area contributed by atoms with Crippen molar-refractivity contribution >= 4 is 30.9 Å². The lowest BCUT2D eigenvalue weighted by molar-refractivity contribution is -0.140. The lowest BCUT2D eigenvalue weighted by Gasteiger charge is -2.10. The highest BCUT2D eigenvalue weighted by Crippen LogP contribution is 1.87. The fourth-order valence-electron chi connectivity index (χ4n) is 0.565. The minimum Gasteiger partial charge on any atom is -0.480 e. The van der Waals surface area contributed by atoms with Crippen LogP contribution in [0.4, 0.5) is 0 Å². The van der Waals surface area contributed by atoms with E-state index in [9.17, 15) is 14.4 Å². The fourth-order valence-corrected chi connectivity index (χ4v) is 0.813. The molecule has 74 valence electrons. The van der Waals surface area contributed by atoms with Crippen LogP contribution in [0.3, 0.4) is 0 Å². The van der Waals surface area contributed by atoms with E-state index in [0.717, 1.165) is 0 Å². The summed E-state index contributed by atoms with van der Waals surface area (Å²) < 4.78 is 0. The Hall–Kier alpha value is -1.24. The molecular formula is C6H10N2O4S. The Morgan fingerprint density at radius 1 is 1.54 bits per heavy atom. The Kier molecular flexibility index (Phi) is 5.69. The van der Waals surface area contributed by atoms with E-state index in [4.69, 9.17) is 5.11 Å². The van der Waals surface area contributed by atoms with Crippen LogP contribution in [0.25, 0.3) is 0 Å². The topological polar surface area (TPSA) is 95.5 Å². The maximum atomic E-state index is 10.8. The first-order valence-electron chi connectivity index (χ1n) is 3.42. The van der Waals surface area contributed by atoms with E-state index in [-0.39, 0.29) is 12.3 Å². The summed E-state index contributed by atoms with van der Waals surface area (Å²) in [5.74, 6) is -1.72. The van der Waals surface area contributed by atoms with Gasteiger partial charge in [0.25, 0.3) is 0 Å². The number of nitrogens with one attached hydrogen (secondary N) is 2. The third-order valence-corrected chi connectivity index (χ3v) is 1.53. The minimum atomic E-state index is -1.16. The number of thiol groups is 1.